The molecule has 2 aliphatic rings. The predicted molar refractivity (Wildman–Crippen MR) is 50.3 cm³/mol. The maximum absolute atomic E-state index is 10.1. The van der Waals surface area contributed by atoms with Crippen molar-refractivity contribution in [1.29, 1.82) is 0 Å². The monoisotopic (exact) mass is 217 g/mol. The SMILES string of the molecule is O=[N+]([O-])NC1=N[C@H]2NC(=S)NN[C@@H]2N1. The van der Waals surface area contributed by atoms with Crippen molar-refractivity contribution in [3.05, 3.63) is 10.1 Å². The minimum Gasteiger partial charge on any atom is -0.337 e. The van der Waals surface area contributed by atoms with Crippen molar-refractivity contribution >= 4 is 23.3 Å². The topological polar surface area (TPSA) is 116 Å². The summed E-state index contributed by atoms with van der Waals surface area (Å²) in [6, 6.07) is 0. The van der Waals surface area contributed by atoms with Crippen molar-refractivity contribution < 1.29 is 5.03 Å². The predicted octanol–water partition coefficient (Wildman–Crippen LogP) is -2.64. The second-order valence-electron chi connectivity index (χ2n) is 2.66. The zero-order chi connectivity index (χ0) is 10.1. The Morgan fingerprint density at radius 2 is 2.36 bits per heavy atom. The van der Waals surface area contributed by atoms with Crippen LogP contribution in [0.15, 0.2) is 4.99 Å². The molecule has 0 aliphatic carbocycles. The Morgan fingerprint density at radius 1 is 1.57 bits per heavy atom. The maximum atomic E-state index is 10.1. The molecule has 0 saturated carbocycles. The van der Waals surface area contributed by atoms with Crippen molar-refractivity contribution in [2.75, 3.05) is 0 Å². The molecule has 76 valence electrons. The van der Waals surface area contributed by atoms with Gasteiger partial charge in [-0.05, 0) is 12.2 Å². The van der Waals surface area contributed by atoms with Crippen LogP contribution in [-0.4, -0.2) is 28.4 Å². The van der Waals surface area contributed by atoms with Gasteiger partial charge < -0.3 is 10.6 Å². The van der Waals surface area contributed by atoms with Crippen LogP contribution in [-0.2, 0) is 0 Å². The molecule has 0 aromatic rings. The van der Waals surface area contributed by atoms with Crippen molar-refractivity contribution in [2.45, 2.75) is 12.3 Å². The molecule has 0 spiro atoms. The van der Waals surface area contributed by atoms with E-state index in [2.05, 4.69) is 26.5 Å². The first-order valence-corrected chi connectivity index (χ1v) is 4.13. The second kappa shape index (κ2) is 3.23. The van der Waals surface area contributed by atoms with E-state index >= 15 is 0 Å². The maximum Gasteiger partial charge on any atom is 0.257 e. The van der Waals surface area contributed by atoms with Crippen LogP contribution in [0.25, 0.3) is 0 Å². The molecule has 14 heavy (non-hydrogen) atoms. The third kappa shape index (κ3) is 1.65. The minimum atomic E-state index is -0.686. The summed E-state index contributed by atoms with van der Waals surface area (Å²) >= 11 is 4.82. The Morgan fingerprint density at radius 3 is 3.07 bits per heavy atom. The molecule has 1 saturated heterocycles. The molecule has 0 aromatic carbocycles. The van der Waals surface area contributed by atoms with Gasteiger partial charge in [0.2, 0.25) is 0 Å². The van der Waals surface area contributed by atoms with E-state index in [9.17, 15) is 10.1 Å². The van der Waals surface area contributed by atoms with Crippen LogP contribution in [0.2, 0.25) is 0 Å². The summed E-state index contributed by atoms with van der Waals surface area (Å²) in [5.41, 5.74) is 7.38. The van der Waals surface area contributed by atoms with Gasteiger partial charge in [-0.15, -0.1) is 0 Å². The quantitative estimate of drug-likeness (QED) is 0.184. The van der Waals surface area contributed by atoms with Gasteiger partial charge in [-0.3, -0.25) is 5.43 Å². The zero-order valence-electron chi connectivity index (χ0n) is 6.77. The molecule has 2 aliphatic heterocycles. The fourth-order valence-corrected chi connectivity index (χ4v) is 1.35. The molecule has 1 fully saturated rings. The first kappa shape index (κ1) is 8.90. The summed E-state index contributed by atoms with van der Waals surface area (Å²) in [6.07, 6.45) is -0.602. The van der Waals surface area contributed by atoms with Crippen molar-refractivity contribution in [3.8, 4) is 0 Å². The van der Waals surface area contributed by atoms with Crippen LogP contribution < -0.4 is 26.9 Å². The summed E-state index contributed by atoms with van der Waals surface area (Å²) in [6.45, 7) is 0. The third-order valence-corrected chi connectivity index (χ3v) is 1.91. The summed E-state index contributed by atoms with van der Waals surface area (Å²) < 4.78 is 0. The van der Waals surface area contributed by atoms with Crippen molar-refractivity contribution in [3.63, 3.8) is 0 Å². The summed E-state index contributed by atoms with van der Waals surface area (Å²) in [5, 5.41) is 15.4. The smallest absolute Gasteiger partial charge is 0.257 e. The first-order chi connectivity index (χ1) is 6.65. The number of guanidine groups is 1. The van der Waals surface area contributed by atoms with Gasteiger partial charge in [-0.2, -0.15) is 0 Å². The molecule has 0 aromatic heterocycles. The van der Waals surface area contributed by atoms with Gasteiger partial charge in [0.1, 0.15) is 6.17 Å². The summed E-state index contributed by atoms with van der Waals surface area (Å²) in [7, 11) is 0. The second-order valence-corrected chi connectivity index (χ2v) is 3.06. The number of hydrazine groups is 2. The van der Waals surface area contributed by atoms with Gasteiger partial charge >= 0.3 is 0 Å². The largest absolute Gasteiger partial charge is 0.337 e. The van der Waals surface area contributed by atoms with E-state index in [0.29, 0.717) is 5.11 Å². The van der Waals surface area contributed by atoms with Crippen LogP contribution in [0.1, 0.15) is 0 Å². The number of nitrogens with one attached hydrogen (secondary N) is 5. The lowest BCUT2D eigenvalue weighted by atomic mass is 10.4. The number of aliphatic imine (C=N–C) groups is 1. The highest BCUT2D eigenvalue weighted by atomic mass is 32.1. The normalized spacial score (nSPS) is 29.1. The fourth-order valence-electron chi connectivity index (χ4n) is 1.17. The molecule has 5 N–H and O–H groups in total. The van der Waals surface area contributed by atoms with Gasteiger partial charge in [0, 0.05) is 0 Å². The number of nitro groups is 1. The number of thiocarbonyl (C=S) groups is 1. The van der Waals surface area contributed by atoms with Crippen LogP contribution >= 0.6 is 12.2 Å². The molecule has 0 unspecified atom stereocenters. The van der Waals surface area contributed by atoms with E-state index in [1.165, 1.54) is 0 Å². The lowest BCUT2D eigenvalue weighted by Crippen LogP contribution is -2.66. The molecule has 2 heterocycles. The highest BCUT2D eigenvalue weighted by Crippen LogP contribution is 2.02. The molecule has 2 rings (SSSR count). The lowest BCUT2D eigenvalue weighted by molar-refractivity contribution is -0.525. The first-order valence-electron chi connectivity index (χ1n) is 3.72. The Kier molecular flexibility index (Phi) is 2.05. The standard InChI is InChI=1S/C4H7N7O2S/c12-11(13)10-3-5-1-2(6-3)8-9-4(14)7-1/h1-2,8H,(H2,5,6,10)(H2,7,9,14)/t1-,2-/m0/s1. The fraction of sp³-hybridized carbons (Fsp3) is 0.500. The van der Waals surface area contributed by atoms with Crippen LogP contribution in [0.4, 0.5) is 0 Å². The van der Waals surface area contributed by atoms with E-state index in [1.807, 2.05) is 5.43 Å². The van der Waals surface area contributed by atoms with E-state index in [4.69, 9.17) is 12.2 Å². The number of rotatable bonds is 1. The summed E-state index contributed by atoms with van der Waals surface area (Å²) in [5.74, 6) is 0.0940. The molecule has 0 radical (unpaired) electrons. The molecular formula is C4H7N7O2S. The van der Waals surface area contributed by atoms with E-state index in [-0.39, 0.29) is 18.3 Å². The van der Waals surface area contributed by atoms with Gasteiger partial charge in [0.05, 0.1) is 0 Å². The van der Waals surface area contributed by atoms with Crippen molar-refractivity contribution in [1.82, 2.24) is 26.9 Å². The van der Waals surface area contributed by atoms with Crippen molar-refractivity contribution in [2.24, 2.45) is 4.99 Å². The third-order valence-electron chi connectivity index (χ3n) is 1.69. The van der Waals surface area contributed by atoms with E-state index in [0.717, 1.165) is 0 Å². The Hall–Kier alpha value is -1.68. The van der Waals surface area contributed by atoms with Gasteiger partial charge in [0.15, 0.2) is 16.3 Å². The average molecular weight is 217 g/mol. The Bertz CT molecular complexity index is 317. The molecule has 2 atom stereocenters. The highest BCUT2D eigenvalue weighted by Gasteiger charge is 2.33. The molecular weight excluding hydrogens is 210 g/mol. The molecule has 0 bridgehead atoms. The number of hydrogen-bond acceptors (Lipinski definition) is 6. The number of fused-ring (bicyclic) bond motifs is 1. The highest BCUT2D eigenvalue weighted by molar-refractivity contribution is 7.80. The summed E-state index contributed by atoms with van der Waals surface area (Å²) in [4.78, 5) is 14.1. The molecule has 9 nitrogen and oxygen atoms in total. The molecule has 10 heteroatoms. The lowest BCUT2D eigenvalue weighted by Gasteiger charge is -2.28. The van der Waals surface area contributed by atoms with Gasteiger partial charge in [-0.1, -0.05) is 5.43 Å². The average Bonchev–Trinajstić information content (AvgIpc) is 2.44. The van der Waals surface area contributed by atoms with E-state index < -0.39 is 5.03 Å². The Balaban J connectivity index is 2.01. The minimum absolute atomic E-state index is 0.0940. The van der Waals surface area contributed by atoms with Crippen LogP contribution in [0.5, 0.6) is 0 Å². The van der Waals surface area contributed by atoms with Gasteiger partial charge in [-0.25, -0.2) is 20.5 Å². The van der Waals surface area contributed by atoms with Crippen LogP contribution in [0, 0.1) is 10.1 Å². The van der Waals surface area contributed by atoms with Gasteiger partial charge in [0.25, 0.3) is 5.96 Å². The number of nitrogens with zero attached hydrogens (tertiary/aromatic N) is 2. The number of hydrogen-bond donors (Lipinski definition) is 5. The van der Waals surface area contributed by atoms with E-state index in [1.54, 1.807) is 0 Å². The Labute approximate surface area is 83.4 Å². The zero-order valence-corrected chi connectivity index (χ0v) is 7.59. The molecule has 0 amide bonds. The van der Waals surface area contributed by atoms with Crippen LogP contribution in [0.3, 0.4) is 0 Å².